The van der Waals surface area contributed by atoms with Crippen LogP contribution in [-0.4, -0.2) is 50.4 Å². The van der Waals surface area contributed by atoms with Crippen LogP contribution in [0.2, 0.25) is 5.02 Å². The van der Waals surface area contributed by atoms with Crippen LogP contribution in [0.5, 0.6) is 0 Å². The topological polar surface area (TPSA) is 61.4 Å². The SMILES string of the molecule is CN(C)CCCNC(=O)CNC(=O)c1c(F)cccc1Cl. The third-order valence-corrected chi connectivity index (χ3v) is 3.02. The summed E-state index contributed by atoms with van der Waals surface area (Å²) >= 11 is 5.77. The van der Waals surface area contributed by atoms with Crippen LogP contribution in [0, 0.1) is 5.82 Å². The minimum Gasteiger partial charge on any atom is -0.355 e. The van der Waals surface area contributed by atoms with Gasteiger partial charge < -0.3 is 15.5 Å². The smallest absolute Gasteiger partial charge is 0.256 e. The van der Waals surface area contributed by atoms with Crippen molar-refractivity contribution in [2.45, 2.75) is 6.42 Å². The molecule has 0 aliphatic heterocycles. The van der Waals surface area contributed by atoms with E-state index >= 15 is 0 Å². The first-order chi connectivity index (χ1) is 9.91. The highest BCUT2D eigenvalue weighted by atomic mass is 35.5. The van der Waals surface area contributed by atoms with Gasteiger partial charge in [0, 0.05) is 6.54 Å². The predicted molar refractivity (Wildman–Crippen MR) is 79.9 cm³/mol. The molecule has 0 heterocycles. The molecular formula is C14H19ClFN3O2. The molecule has 0 aliphatic carbocycles. The molecule has 0 saturated carbocycles. The van der Waals surface area contributed by atoms with E-state index in [1.54, 1.807) is 0 Å². The van der Waals surface area contributed by atoms with Gasteiger partial charge in [-0.1, -0.05) is 17.7 Å². The Labute approximate surface area is 128 Å². The fraction of sp³-hybridized carbons (Fsp3) is 0.429. The average Bonchev–Trinajstić information content (AvgIpc) is 2.41. The molecule has 0 radical (unpaired) electrons. The number of carbonyl (C=O) groups excluding carboxylic acids is 2. The minimum absolute atomic E-state index is 0.0129. The van der Waals surface area contributed by atoms with E-state index in [1.165, 1.54) is 12.1 Å². The molecule has 0 saturated heterocycles. The van der Waals surface area contributed by atoms with Gasteiger partial charge in [-0.3, -0.25) is 9.59 Å². The molecular weight excluding hydrogens is 297 g/mol. The van der Waals surface area contributed by atoms with Crippen molar-refractivity contribution in [1.29, 1.82) is 0 Å². The first-order valence-corrected chi connectivity index (χ1v) is 6.93. The fourth-order valence-electron chi connectivity index (χ4n) is 1.65. The molecule has 0 bridgehead atoms. The molecule has 0 aromatic heterocycles. The highest BCUT2D eigenvalue weighted by Crippen LogP contribution is 2.18. The largest absolute Gasteiger partial charge is 0.355 e. The van der Waals surface area contributed by atoms with Crippen molar-refractivity contribution < 1.29 is 14.0 Å². The second kappa shape index (κ2) is 8.59. The molecule has 1 rings (SSSR count). The molecule has 1 aromatic rings. The second-order valence-electron chi connectivity index (χ2n) is 4.79. The molecule has 5 nitrogen and oxygen atoms in total. The maximum Gasteiger partial charge on any atom is 0.256 e. The van der Waals surface area contributed by atoms with E-state index in [2.05, 4.69) is 10.6 Å². The van der Waals surface area contributed by atoms with Crippen LogP contribution < -0.4 is 10.6 Å². The number of benzene rings is 1. The Morgan fingerprint density at radius 3 is 2.62 bits per heavy atom. The number of halogens is 2. The zero-order valence-corrected chi connectivity index (χ0v) is 12.8. The Balaban J connectivity index is 2.38. The second-order valence-corrected chi connectivity index (χ2v) is 5.19. The van der Waals surface area contributed by atoms with Crippen molar-refractivity contribution in [2.24, 2.45) is 0 Å². The van der Waals surface area contributed by atoms with Crippen molar-refractivity contribution >= 4 is 23.4 Å². The van der Waals surface area contributed by atoms with Gasteiger partial charge in [-0.25, -0.2) is 4.39 Å². The molecule has 21 heavy (non-hydrogen) atoms. The summed E-state index contributed by atoms with van der Waals surface area (Å²) in [4.78, 5) is 25.3. The Morgan fingerprint density at radius 1 is 1.29 bits per heavy atom. The molecule has 7 heteroatoms. The van der Waals surface area contributed by atoms with Crippen molar-refractivity contribution in [3.05, 3.63) is 34.6 Å². The molecule has 0 atom stereocenters. The Morgan fingerprint density at radius 2 is 2.00 bits per heavy atom. The maximum atomic E-state index is 13.5. The average molecular weight is 316 g/mol. The van der Waals surface area contributed by atoms with Crippen LogP contribution in [0.15, 0.2) is 18.2 Å². The predicted octanol–water partition coefficient (Wildman–Crippen LogP) is 1.28. The summed E-state index contributed by atoms with van der Waals surface area (Å²) in [7, 11) is 3.89. The minimum atomic E-state index is -0.716. The van der Waals surface area contributed by atoms with Crippen LogP contribution in [0.25, 0.3) is 0 Å². The zero-order valence-electron chi connectivity index (χ0n) is 12.1. The molecule has 0 fully saturated rings. The van der Waals surface area contributed by atoms with Crippen LogP contribution in [0.4, 0.5) is 4.39 Å². The highest BCUT2D eigenvalue weighted by Gasteiger charge is 2.16. The number of carbonyl (C=O) groups is 2. The number of hydrogen-bond acceptors (Lipinski definition) is 3. The fourth-order valence-corrected chi connectivity index (χ4v) is 1.90. The van der Waals surface area contributed by atoms with E-state index in [-0.39, 0.29) is 23.0 Å². The number of nitrogens with one attached hydrogen (secondary N) is 2. The van der Waals surface area contributed by atoms with E-state index in [1.807, 2.05) is 19.0 Å². The van der Waals surface area contributed by atoms with Gasteiger partial charge in [0.1, 0.15) is 5.82 Å². The standard InChI is InChI=1S/C14H19ClFN3O2/c1-19(2)8-4-7-17-12(20)9-18-14(21)13-10(15)5-3-6-11(13)16/h3,5-6H,4,7-9H2,1-2H3,(H,17,20)(H,18,21). The van der Waals surface area contributed by atoms with Crippen molar-refractivity contribution in [3.8, 4) is 0 Å². The van der Waals surface area contributed by atoms with Gasteiger partial charge >= 0.3 is 0 Å². The number of amides is 2. The first-order valence-electron chi connectivity index (χ1n) is 6.55. The van der Waals surface area contributed by atoms with Gasteiger partial charge in [0.2, 0.25) is 5.91 Å². The van der Waals surface area contributed by atoms with Gasteiger partial charge in [-0.05, 0) is 39.2 Å². The highest BCUT2D eigenvalue weighted by molar-refractivity contribution is 6.33. The van der Waals surface area contributed by atoms with Crippen LogP contribution in [0.1, 0.15) is 16.8 Å². The molecule has 1 aromatic carbocycles. The summed E-state index contributed by atoms with van der Waals surface area (Å²) in [5.41, 5.74) is -0.250. The van der Waals surface area contributed by atoms with E-state index in [0.29, 0.717) is 6.54 Å². The molecule has 0 unspecified atom stereocenters. The lowest BCUT2D eigenvalue weighted by molar-refractivity contribution is -0.120. The van der Waals surface area contributed by atoms with Crippen molar-refractivity contribution in [2.75, 3.05) is 33.7 Å². The lowest BCUT2D eigenvalue weighted by atomic mass is 10.2. The summed E-state index contributed by atoms with van der Waals surface area (Å²) in [6, 6.07) is 3.97. The Hall–Kier alpha value is -1.66. The van der Waals surface area contributed by atoms with Gasteiger partial charge in [0.05, 0.1) is 17.1 Å². The third-order valence-electron chi connectivity index (χ3n) is 2.70. The molecule has 2 amide bonds. The van der Waals surface area contributed by atoms with Crippen molar-refractivity contribution in [3.63, 3.8) is 0 Å². The lowest BCUT2D eigenvalue weighted by Gasteiger charge is -2.10. The number of rotatable bonds is 7. The quantitative estimate of drug-likeness (QED) is 0.745. The van der Waals surface area contributed by atoms with Crippen LogP contribution in [-0.2, 0) is 4.79 Å². The number of nitrogens with zero attached hydrogens (tertiary/aromatic N) is 1. The zero-order chi connectivity index (χ0) is 15.8. The number of hydrogen-bond donors (Lipinski definition) is 2. The first kappa shape index (κ1) is 17.4. The van der Waals surface area contributed by atoms with E-state index in [4.69, 9.17) is 11.6 Å². The van der Waals surface area contributed by atoms with Crippen molar-refractivity contribution in [1.82, 2.24) is 15.5 Å². The van der Waals surface area contributed by atoms with Gasteiger partial charge in [0.15, 0.2) is 0 Å². The summed E-state index contributed by atoms with van der Waals surface area (Å²) < 4.78 is 13.5. The maximum absolute atomic E-state index is 13.5. The third kappa shape index (κ3) is 6.10. The molecule has 116 valence electrons. The molecule has 0 spiro atoms. The summed E-state index contributed by atoms with van der Waals surface area (Å²) in [5, 5.41) is 5.02. The van der Waals surface area contributed by atoms with Gasteiger partial charge in [-0.15, -0.1) is 0 Å². The van der Waals surface area contributed by atoms with Crippen LogP contribution in [0.3, 0.4) is 0 Å². The summed E-state index contributed by atoms with van der Waals surface area (Å²) in [6.07, 6.45) is 0.811. The monoisotopic (exact) mass is 315 g/mol. The van der Waals surface area contributed by atoms with Gasteiger partial charge in [0.25, 0.3) is 5.91 Å². The lowest BCUT2D eigenvalue weighted by Crippen LogP contribution is -2.38. The normalized spacial score (nSPS) is 10.5. The van der Waals surface area contributed by atoms with E-state index in [0.717, 1.165) is 19.0 Å². The molecule has 0 aliphatic rings. The Bertz CT molecular complexity index is 489. The van der Waals surface area contributed by atoms with E-state index < -0.39 is 11.7 Å². The summed E-state index contributed by atoms with van der Waals surface area (Å²) in [6.45, 7) is 1.16. The summed E-state index contributed by atoms with van der Waals surface area (Å²) in [5.74, 6) is -1.75. The Kier molecular flexibility index (Phi) is 7.11. The molecule has 2 N–H and O–H groups in total. The van der Waals surface area contributed by atoms with E-state index in [9.17, 15) is 14.0 Å². The van der Waals surface area contributed by atoms with Gasteiger partial charge in [-0.2, -0.15) is 0 Å². The van der Waals surface area contributed by atoms with Crippen LogP contribution >= 0.6 is 11.6 Å².